The summed E-state index contributed by atoms with van der Waals surface area (Å²) in [4.78, 5) is 16.8. The molecule has 1 aromatic heterocycles. The minimum atomic E-state index is -3.61. The molecule has 0 unspecified atom stereocenters. The van der Waals surface area contributed by atoms with Crippen molar-refractivity contribution in [1.29, 1.82) is 0 Å². The van der Waals surface area contributed by atoms with Gasteiger partial charge in [-0.3, -0.25) is 9.78 Å². The Morgan fingerprint density at radius 3 is 2.79 bits per heavy atom. The summed E-state index contributed by atoms with van der Waals surface area (Å²) in [7, 11) is -3.61. The van der Waals surface area contributed by atoms with E-state index in [0.717, 1.165) is 12.1 Å². The fourth-order valence-electron chi connectivity index (χ4n) is 3.02. The summed E-state index contributed by atoms with van der Waals surface area (Å²) in [6.07, 6.45) is 2.36. The average Bonchev–Trinajstić information content (AvgIpc) is 2.64. The number of nitrogens with two attached hydrogens (primary N) is 1. The number of rotatable bonds is 6. The van der Waals surface area contributed by atoms with Gasteiger partial charge in [0.1, 0.15) is 18.2 Å². The summed E-state index contributed by atoms with van der Waals surface area (Å²) in [5.74, 6) is -0.106. The zero-order valence-corrected chi connectivity index (χ0v) is 17.4. The standard InChI is InChI=1S/C20H24N4O4S/c1-4-15-10-13(8-9-22-15)19(25)23-20(2,3)12-28-16-7-5-6-14-11-29(26,27)24-18(21)17(14)16/h5-10H,4,11-12H2,1-3H3,(H2,21,24)(H,23,25). The number of aryl methyl sites for hydroxylation is 1. The topological polar surface area (TPSA) is 124 Å². The van der Waals surface area contributed by atoms with E-state index in [4.69, 9.17) is 10.5 Å². The lowest BCUT2D eigenvalue weighted by Gasteiger charge is -2.27. The number of pyridine rings is 1. The second-order valence-electron chi connectivity index (χ2n) is 7.51. The number of carbonyl (C=O) groups excluding carboxylic acids is 1. The fraction of sp³-hybridized carbons (Fsp3) is 0.350. The van der Waals surface area contributed by atoms with Gasteiger partial charge in [-0.15, -0.1) is 4.40 Å². The van der Waals surface area contributed by atoms with Crippen LogP contribution in [0.4, 0.5) is 0 Å². The number of nitrogens with one attached hydrogen (secondary N) is 1. The van der Waals surface area contributed by atoms with Crippen molar-refractivity contribution >= 4 is 21.8 Å². The third-order valence-electron chi connectivity index (χ3n) is 4.43. The van der Waals surface area contributed by atoms with E-state index in [-0.39, 0.29) is 24.1 Å². The highest BCUT2D eigenvalue weighted by molar-refractivity contribution is 7.89. The van der Waals surface area contributed by atoms with Gasteiger partial charge in [0.25, 0.3) is 15.9 Å². The first-order valence-corrected chi connectivity index (χ1v) is 10.8. The van der Waals surface area contributed by atoms with E-state index in [2.05, 4.69) is 14.7 Å². The van der Waals surface area contributed by atoms with Gasteiger partial charge in [-0.2, -0.15) is 0 Å². The van der Waals surface area contributed by atoms with Crippen LogP contribution in [-0.4, -0.2) is 37.3 Å². The predicted octanol–water partition coefficient (Wildman–Crippen LogP) is 1.78. The molecular weight excluding hydrogens is 392 g/mol. The van der Waals surface area contributed by atoms with Crippen molar-refractivity contribution in [1.82, 2.24) is 10.3 Å². The van der Waals surface area contributed by atoms with Gasteiger partial charge in [-0.05, 0) is 44.0 Å². The van der Waals surface area contributed by atoms with Crippen LogP contribution in [0, 0.1) is 0 Å². The Morgan fingerprint density at radius 1 is 1.31 bits per heavy atom. The zero-order chi connectivity index (χ0) is 21.2. The molecule has 1 amide bonds. The Hall–Kier alpha value is -2.94. The molecule has 1 aromatic carbocycles. The highest BCUT2D eigenvalue weighted by atomic mass is 32.2. The lowest BCUT2D eigenvalue weighted by atomic mass is 10.0. The first-order chi connectivity index (χ1) is 13.6. The maximum Gasteiger partial charge on any atom is 0.259 e. The second-order valence-corrected chi connectivity index (χ2v) is 9.14. The number of sulfonamides is 1. The Bertz CT molecular complexity index is 1080. The third kappa shape index (κ3) is 4.92. The molecule has 9 heteroatoms. The molecule has 0 radical (unpaired) electrons. The molecule has 1 aliphatic rings. The molecule has 0 spiro atoms. The van der Waals surface area contributed by atoms with Crippen LogP contribution >= 0.6 is 0 Å². The largest absolute Gasteiger partial charge is 0.490 e. The molecule has 0 fully saturated rings. The van der Waals surface area contributed by atoms with Crippen molar-refractivity contribution in [2.24, 2.45) is 10.1 Å². The number of amidine groups is 1. The van der Waals surface area contributed by atoms with E-state index in [1.807, 2.05) is 20.8 Å². The van der Waals surface area contributed by atoms with Crippen LogP contribution in [-0.2, 0) is 22.2 Å². The molecule has 3 N–H and O–H groups in total. The molecule has 0 aliphatic carbocycles. The lowest BCUT2D eigenvalue weighted by molar-refractivity contribution is 0.0880. The van der Waals surface area contributed by atoms with Crippen molar-refractivity contribution < 1.29 is 17.9 Å². The molecule has 154 valence electrons. The number of benzene rings is 1. The maximum atomic E-state index is 12.6. The van der Waals surface area contributed by atoms with Gasteiger partial charge >= 0.3 is 0 Å². The van der Waals surface area contributed by atoms with Crippen molar-refractivity contribution in [2.45, 2.75) is 38.5 Å². The first-order valence-electron chi connectivity index (χ1n) is 9.21. The van der Waals surface area contributed by atoms with E-state index in [1.165, 1.54) is 0 Å². The molecule has 0 saturated carbocycles. The van der Waals surface area contributed by atoms with Crippen molar-refractivity contribution in [2.75, 3.05) is 6.61 Å². The molecule has 3 rings (SSSR count). The van der Waals surface area contributed by atoms with E-state index in [0.29, 0.717) is 22.4 Å². The first kappa shape index (κ1) is 20.8. The van der Waals surface area contributed by atoms with Gasteiger partial charge < -0.3 is 15.8 Å². The Morgan fingerprint density at radius 2 is 2.07 bits per heavy atom. The van der Waals surface area contributed by atoms with Crippen molar-refractivity contribution in [3.05, 3.63) is 58.9 Å². The van der Waals surface area contributed by atoms with Gasteiger partial charge in [0.05, 0.1) is 16.9 Å². The molecule has 29 heavy (non-hydrogen) atoms. The van der Waals surface area contributed by atoms with Crippen LogP contribution in [0.25, 0.3) is 0 Å². The van der Waals surface area contributed by atoms with E-state index in [9.17, 15) is 13.2 Å². The fourth-order valence-corrected chi connectivity index (χ4v) is 4.11. The van der Waals surface area contributed by atoms with E-state index in [1.54, 1.807) is 36.5 Å². The minimum absolute atomic E-state index is 0.0902. The van der Waals surface area contributed by atoms with Crippen LogP contribution in [0.15, 0.2) is 40.9 Å². The second kappa shape index (κ2) is 7.82. The summed E-state index contributed by atoms with van der Waals surface area (Å²) >= 11 is 0. The summed E-state index contributed by atoms with van der Waals surface area (Å²) < 4.78 is 33.1. The Balaban J connectivity index is 1.73. The molecule has 8 nitrogen and oxygen atoms in total. The third-order valence-corrected chi connectivity index (χ3v) is 5.58. The number of hydrogen-bond donors (Lipinski definition) is 2. The van der Waals surface area contributed by atoms with Crippen molar-refractivity contribution in [3.63, 3.8) is 0 Å². The number of ether oxygens (including phenoxy) is 1. The van der Waals surface area contributed by atoms with Gasteiger partial charge in [0.2, 0.25) is 0 Å². The highest BCUT2D eigenvalue weighted by Gasteiger charge is 2.27. The van der Waals surface area contributed by atoms with Crippen LogP contribution < -0.4 is 15.8 Å². The van der Waals surface area contributed by atoms with E-state index < -0.39 is 15.6 Å². The van der Waals surface area contributed by atoms with Gasteiger partial charge in [-0.25, -0.2) is 8.42 Å². The highest BCUT2D eigenvalue weighted by Crippen LogP contribution is 2.28. The van der Waals surface area contributed by atoms with Crippen LogP contribution in [0.1, 0.15) is 48.0 Å². The number of hydrogen-bond acceptors (Lipinski definition) is 6. The molecule has 0 saturated heterocycles. The number of aromatic nitrogens is 1. The minimum Gasteiger partial charge on any atom is -0.490 e. The maximum absolute atomic E-state index is 12.6. The van der Waals surface area contributed by atoms with Crippen molar-refractivity contribution in [3.8, 4) is 5.75 Å². The zero-order valence-electron chi connectivity index (χ0n) is 16.6. The van der Waals surface area contributed by atoms with Gasteiger partial charge in [-0.1, -0.05) is 19.1 Å². The van der Waals surface area contributed by atoms with Gasteiger partial charge in [0, 0.05) is 17.5 Å². The number of fused-ring (bicyclic) bond motifs is 1. The normalized spacial score (nSPS) is 15.2. The quantitative estimate of drug-likeness (QED) is 0.740. The van der Waals surface area contributed by atoms with E-state index >= 15 is 0 Å². The molecule has 0 bridgehead atoms. The summed E-state index contributed by atoms with van der Waals surface area (Å²) in [6, 6.07) is 8.52. The monoisotopic (exact) mass is 416 g/mol. The molecule has 2 heterocycles. The average molecular weight is 417 g/mol. The lowest BCUT2D eigenvalue weighted by Crippen LogP contribution is -2.48. The number of amides is 1. The number of carbonyl (C=O) groups is 1. The molecule has 1 aliphatic heterocycles. The molecule has 0 atom stereocenters. The van der Waals surface area contributed by atoms with Crippen LogP contribution in [0.5, 0.6) is 5.75 Å². The summed E-state index contributed by atoms with van der Waals surface area (Å²) in [6.45, 7) is 5.80. The van der Waals surface area contributed by atoms with Gasteiger partial charge in [0.15, 0.2) is 0 Å². The molecular formula is C20H24N4O4S. The van der Waals surface area contributed by atoms with Crippen LogP contribution in [0.2, 0.25) is 0 Å². The summed E-state index contributed by atoms with van der Waals surface area (Å²) in [5.41, 5.74) is 7.56. The molecule has 2 aromatic rings. The smallest absolute Gasteiger partial charge is 0.259 e. The Kier molecular flexibility index (Phi) is 5.61. The Labute approximate surface area is 170 Å². The number of nitrogens with zero attached hydrogens (tertiary/aromatic N) is 2. The SMILES string of the molecule is CCc1cc(C(=O)NC(C)(C)COc2cccc3c2C(N)=NS(=O)(=O)C3)ccn1. The summed E-state index contributed by atoms with van der Waals surface area (Å²) in [5, 5.41) is 2.95. The predicted molar refractivity (Wildman–Crippen MR) is 110 cm³/mol. The van der Waals surface area contributed by atoms with Crippen LogP contribution in [0.3, 0.4) is 0 Å².